The number of imidazole rings is 1. The van der Waals surface area contributed by atoms with Gasteiger partial charge >= 0.3 is 11.7 Å². The van der Waals surface area contributed by atoms with E-state index in [1.54, 1.807) is 12.1 Å². The van der Waals surface area contributed by atoms with Gasteiger partial charge in [-0.3, -0.25) is 18.7 Å². The van der Waals surface area contributed by atoms with E-state index in [1.165, 1.54) is 41.7 Å². The molecule has 2 aromatic heterocycles. The molecule has 0 unspecified atom stereocenters. The molecular weight excluding hydrogens is 331 g/mol. The van der Waals surface area contributed by atoms with Gasteiger partial charge in [-0.25, -0.2) is 14.2 Å². The first-order valence-corrected chi connectivity index (χ1v) is 7.40. The van der Waals surface area contributed by atoms with Crippen molar-refractivity contribution in [1.29, 1.82) is 0 Å². The van der Waals surface area contributed by atoms with Crippen molar-refractivity contribution in [2.45, 2.75) is 13.2 Å². The van der Waals surface area contributed by atoms with E-state index in [2.05, 4.69) is 4.98 Å². The van der Waals surface area contributed by atoms with E-state index >= 15 is 0 Å². The largest absolute Gasteiger partial charge is 0.459 e. The van der Waals surface area contributed by atoms with Gasteiger partial charge in [-0.1, -0.05) is 18.2 Å². The van der Waals surface area contributed by atoms with Crippen LogP contribution in [-0.2, 0) is 36.8 Å². The highest BCUT2D eigenvalue weighted by molar-refractivity contribution is 5.75. The fourth-order valence-electron chi connectivity index (χ4n) is 2.48. The summed E-state index contributed by atoms with van der Waals surface area (Å²) in [5.41, 5.74) is -0.519. The molecule has 0 aliphatic rings. The molecule has 0 saturated heterocycles. The van der Waals surface area contributed by atoms with Gasteiger partial charge in [0.15, 0.2) is 11.2 Å². The lowest BCUT2D eigenvalue weighted by Crippen LogP contribution is -2.37. The molecule has 0 aliphatic heterocycles. The molecular formula is C16H15FN4O4. The number of ether oxygens (including phenoxy) is 1. The van der Waals surface area contributed by atoms with Crippen LogP contribution in [0.25, 0.3) is 11.2 Å². The number of carbonyl (C=O) groups excluding carboxylic acids is 1. The Hall–Kier alpha value is -3.23. The van der Waals surface area contributed by atoms with Gasteiger partial charge in [0.2, 0.25) is 0 Å². The fraction of sp³-hybridized carbons (Fsp3) is 0.250. The molecule has 0 amide bonds. The topological polar surface area (TPSA) is 88.1 Å². The first-order chi connectivity index (χ1) is 11.9. The van der Waals surface area contributed by atoms with Crippen LogP contribution in [0.2, 0.25) is 0 Å². The van der Waals surface area contributed by atoms with Gasteiger partial charge in [0.1, 0.15) is 19.0 Å². The normalized spacial score (nSPS) is 11.0. The minimum atomic E-state index is -0.654. The first kappa shape index (κ1) is 16.6. The van der Waals surface area contributed by atoms with Gasteiger partial charge in [0.25, 0.3) is 5.56 Å². The van der Waals surface area contributed by atoms with E-state index < -0.39 is 23.0 Å². The summed E-state index contributed by atoms with van der Waals surface area (Å²) in [6.07, 6.45) is 1.29. The molecule has 0 saturated carbocycles. The van der Waals surface area contributed by atoms with Gasteiger partial charge in [-0.05, 0) is 6.07 Å². The molecule has 9 heteroatoms. The Labute approximate surface area is 140 Å². The van der Waals surface area contributed by atoms with Gasteiger partial charge in [-0.15, -0.1) is 0 Å². The predicted molar refractivity (Wildman–Crippen MR) is 86.4 cm³/mol. The van der Waals surface area contributed by atoms with E-state index in [0.29, 0.717) is 0 Å². The Balaban J connectivity index is 1.84. The maximum absolute atomic E-state index is 13.5. The van der Waals surface area contributed by atoms with E-state index in [9.17, 15) is 18.8 Å². The molecule has 130 valence electrons. The highest BCUT2D eigenvalue weighted by Gasteiger charge is 2.16. The fourth-order valence-corrected chi connectivity index (χ4v) is 2.48. The Morgan fingerprint density at radius 2 is 1.92 bits per heavy atom. The Morgan fingerprint density at radius 3 is 2.64 bits per heavy atom. The van der Waals surface area contributed by atoms with Gasteiger partial charge in [-0.2, -0.15) is 0 Å². The molecule has 2 heterocycles. The van der Waals surface area contributed by atoms with Gasteiger partial charge in [0, 0.05) is 19.7 Å². The van der Waals surface area contributed by atoms with E-state index in [4.69, 9.17) is 4.74 Å². The van der Waals surface area contributed by atoms with Crippen molar-refractivity contribution in [1.82, 2.24) is 18.7 Å². The van der Waals surface area contributed by atoms with Crippen LogP contribution in [0.1, 0.15) is 5.56 Å². The van der Waals surface area contributed by atoms with Crippen LogP contribution in [-0.4, -0.2) is 24.7 Å². The summed E-state index contributed by atoms with van der Waals surface area (Å²) in [6.45, 7) is -0.493. The summed E-state index contributed by atoms with van der Waals surface area (Å²) < 4.78 is 22.0. The summed E-state index contributed by atoms with van der Waals surface area (Å²) in [5.74, 6) is -1.12. The zero-order chi connectivity index (χ0) is 18.1. The second-order valence-corrected chi connectivity index (χ2v) is 5.50. The average Bonchev–Trinajstić information content (AvgIpc) is 3.01. The smallest absolute Gasteiger partial charge is 0.332 e. The molecule has 3 rings (SSSR count). The Bertz CT molecular complexity index is 1080. The summed E-state index contributed by atoms with van der Waals surface area (Å²) >= 11 is 0. The molecule has 0 fully saturated rings. The number of esters is 1. The quantitative estimate of drug-likeness (QED) is 0.635. The first-order valence-electron chi connectivity index (χ1n) is 7.40. The molecule has 0 atom stereocenters. The number of halogens is 1. The van der Waals surface area contributed by atoms with Crippen LogP contribution < -0.4 is 11.2 Å². The SMILES string of the molecule is Cn1c(=O)c2c(ncn2CC(=O)OCc2ccccc2F)n(C)c1=O. The van der Waals surface area contributed by atoms with E-state index in [0.717, 1.165) is 4.57 Å². The number of benzene rings is 1. The lowest BCUT2D eigenvalue weighted by atomic mass is 10.2. The number of fused-ring (bicyclic) bond motifs is 1. The molecule has 1 aromatic carbocycles. The molecule has 0 radical (unpaired) electrons. The molecule has 0 bridgehead atoms. The highest BCUT2D eigenvalue weighted by atomic mass is 19.1. The number of hydrogen-bond acceptors (Lipinski definition) is 5. The van der Waals surface area contributed by atoms with Crippen molar-refractivity contribution < 1.29 is 13.9 Å². The number of rotatable bonds is 4. The van der Waals surface area contributed by atoms with E-state index in [-0.39, 0.29) is 29.9 Å². The molecule has 0 spiro atoms. The third-order valence-electron chi connectivity index (χ3n) is 3.86. The van der Waals surface area contributed by atoms with Crippen LogP contribution in [0.3, 0.4) is 0 Å². The van der Waals surface area contributed by atoms with Crippen LogP contribution in [0, 0.1) is 5.82 Å². The maximum atomic E-state index is 13.5. The summed E-state index contributed by atoms with van der Waals surface area (Å²) in [6, 6.07) is 5.97. The third-order valence-corrected chi connectivity index (χ3v) is 3.86. The van der Waals surface area contributed by atoms with Crippen LogP contribution in [0.4, 0.5) is 4.39 Å². The van der Waals surface area contributed by atoms with Crippen molar-refractivity contribution in [2.24, 2.45) is 14.1 Å². The monoisotopic (exact) mass is 346 g/mol. The molecule has 0 aliphatic carbocycles. The number of nitrogens with zero attached hydrogens (tertiary/aromatic N) is 4. The summed E-state index contributed by atoms with van der Waals surface area (Å²) in [4.78, 5) is 40.2. The van der Waals surface area contributed by atoms with Crippen molar-refractivity contribution >= 4 is 17.1 Å². The van der Waals surface area contributed by atoms with Gasteiger partial charge in [0.05, 0.1) is 6.33 Å². The zero-order valence-electron chi connectivity index (χ0n) is 13.6. The number of hydrogen-bond donors (Lipinski definition) is 0. The van der Waals surface area contributed by atoms with Crippen LogP contribution >= 0.6 is 0 Å². The highest BCUT2D eigenvalue weighted by Crippen LogP contribution is 2.09. The molecule has 0 N–H and O–H groups in total. The van der Waals surface area contributed by atoms with Crippen LogP contribution in [0.15, 0.2) is 40.2 Å². The predicted octanol–water partition coefficient (Wildman–Crippen LogP) is 0.316. The van der Waals surface area contributed by atoms with E-state index in [1.807, 2.05) is 0 Å². The summed E-state index contributed by atoms with van der Waals surface area (Å²) in [5, 5.41) is 0. The average molecular weight is 346 g/mol. The van der Waals surface area contributed by atoms with Crippen molar-refractivity contribution in [3.05, 3.63) is 62.8 Å². The Kier molecular flexibility index (Phi) is 4.22. The lowest BCUT2D eigenvalue weighted by Gasteiger charge is -2.08. The molecule has 25 heavy (non-hydrogen) atoms. The zero-order valence-corrected chi connectivity index (χ0v) is 13.6. The Morgan fingerprint density at radius 1 is 1.20 bits per heavy atom. The number of aromatic nitrogens is 4. The van der Waals surface area contributed by atoms with Gasteiger partial charge < -0.3 is 9.30 Å². The summed E-state index contributed by atoms with van der Waals surface area (Å²) in [7, 11) is 2.83. The van der Waals surface area contributed by atoms with Crippen molar-refractivity contribution in [2.75, 3.05) is 0 Å². The minimum Gasteiger partial charge on any atom is -0.459 e. The lowest BCUT2D eigenvalue weighted by molar-refractivity contribution is -0.145. The molecule has 8 nitrogen and oxygen atoms in total. The van der Waals surface area contributed by atoms with Crippen molar-refractivity contribution in [3.8, 4) is 0 Å². The second-order valence-electron chi connectivity index (χ2n) is 5.50. The third kappa shape index (κ3) is 2.95. The standard InChI is InChI=1S/C16H15FN4O4/c1-19-14-13(15(23)20(2)16(19)24)21(9-18-14)7-12(22)25-8-10-5-3-4-6-11(10)17/h3-6,9H,7-8H2,1-2H3. The molecule has 3 aromatic rings. The minimum absolute atomic E-state index is 0.118. The second kappa shape index (κ2) is 6.34. The number of carbonyl (C=O) groups is 1. The maximum Gasteiger partial charge on any atom is 0.332 e. The number of aryl methyl sites for hydroxylation is 1. The van der Waals surface area contributed by atoms with Crippen molar-refractivity contribution in [3.63, 3.8) is 0 Å². The van der Waals surface area contributed by atoms with Crippen LogP contribution in [0.5, 0.6) is 0 Å².